The van der Waals surface area contributed by atoms with Crippen LogP contribution in [0.15, 0.2) is 60.7 Å². The number of rotatable bonds is 7. The Balaban J connectivity index is 1.92. The first kappa shape index (κ1) is 25.2. The minimum atomic E-state index is -4.43. The van der Waals surface area contributed by atoms with Crippen LogP contribution in [0.4, 0.5) is 18.9 Å². The van der Waals surface area contributed by atoms with Gasteiger partial charge in [-0.15, -0.1) is 0 Å². The zero-order chi connectivity index (χ0) is 24.2. The molecule has 0 atom stereocenters. The largest absolute Gasteiger partial charge is 0.416 e. The van der Waals surface area contributed by atoms with Crippen molar-refractivity contribution >= 4 is 46.4 Å². The van der Waals surface area contributed by atoms with E-state index in [9.17, 15) is 18.0 Å². The number of hydrogen-bond donors (Lipinski definition) is 1. The monoisotopic (exact) mass is 514 g/mol. The number of carbonyl (C=O) groups excluding carboxylic acids is 1. The smallest absolute Gasteiger partial charge is 0.387 e. The van der Waals surface area contributed by atoms with E-state index in [1.807, 2.05) is 12.1 Å². The van der Waals surface area contributed by atoms with E-state index in [1.165, 1.54) is 17.0 Å². The Hall–Kier alpha value is -2.41. The zero-order valence-corrected chi connectivity index (χ0v) is 19.8. The summed E-state index contributed by atoms with van der Waals surface area (Å²) in [7, 11) is 1.66. The van der Waals surface area contributed by atoms with E-state index in [0.717, 1.165) is 17.7 Å². The molecule has 1 N–H and O–H groups in total. The molecule has 3 aromatic carbocycles. The number of hydrogen-bond acceptors (Lipinski definition) is 2. The summed E-state index contributed by atoms with van der Waals surface area (Å²) in [6, 6.07) is 15.2. The van der Waals surface area contributed by atoms with Gasteiger partial charge in [0.1, 0.15) is 0 Å². The van der Waals surface area contributed by atoms with Gasteiger partial charge in [0.2, 0.25) is 0 Å². The predicted molar refractivity (Wildman–Crippen MR) is 127 cm³/mol. The maximum Gasteiger partial charge on any atom is 0.416 e. The van der Waals surface area contributed by atoms with Crippen LogP contribution < -0.4 is 5.32 Å². The Kier molecular flexibility index (Phi) is 8.16. The van der Waals surface area contributed by atoms with Gasteiger partial charge >= 0.3 is 6.18 Å². The minimum Gasteiger partial charge on any atom is -0.387 e. The first-order chi connectivity index (χ1) is 15.6. The number of nitrogens with one attached hydrogen (secondary N) is 1. The van der Waals surface area contributed by atoms with Crippen LogP contribution in [0.25, 0.3) is 0 Å². The lowest BCUT2D eigenvalue weighted by Gasteiger charge is -2.25. The van der Waals surface area contributed by atoms with Crippen LogP contribution in [0.3, 0.4) is 0 Å². The molecular weight excluding hydrogens is 496 g/mol. The number of anilines is 1. The topological polar surface area (TPSA) is 32.3 Å². The number of amides is 1. The van der Waals surface area contributed by atoms with Gasteiger partial charge in [-0.05, 0) is 53.9 Å². The van der Waals surface area contributed by atoms with E-state index in [2.05, 4.69) is 5.32 Å². The summed E-state index contributed by atoms with van der Waals surface area (Å²) in [6.45, 7) is 0.393. The summed E-state index contributed by atoms with van der Waals surface area (Å²) < 4.78 is 38.8. The number of halogens is 6. The van der Waals surface area contributed by atoms with Crippen LogP contribution in [0.2, 0.25) is 15.1 Å². The molecule has 9 heteroatoms. The SMILES string of the molecule is CNc1ccc(Cl)c(Cl)c1C(=O)N(CCc1ccc(Cl)cc1)Cc1ccc(C(F)(F)F)cc1. The van der Waals surface area contributed by atoms with Crippen molar-refractivity contribution < 1.29 is 18.0 Å². The van der Waals surface area contributed by atoms with Gasteiger partial charge in [0.15, 0.2) is 0 Å². The molecule has 0 aliphatic rings. The number of benzene rings is 3. The molecule has 0 aliphatic carbocycles. The molecule has 0 heterocycles. The third-order valence-corrected chi connectivity index (χ3v) is 6.16. The van der Waals surface area contributed by atoms with Crippen molar-refractivity contribution in [1.82, 2.24) is 4.90 Å². The summed E-state index contributed by atoms with van der Waals surface area (Å²) in [5.41, 5.74) is 1.46. The second-order valence-electron chi connectivity index (χ2n) is 7.33. The fourth-order valence-electron chi connectivity index (χ4n) is 3.31. The maximum atomic E-state index is 13.5. The van der Waals surface area contributed by atoms with Crippen LogP contribution in [0, 0.1) is 0 Å². The van der Waals surface area contributed by atoms with Gasteiger partial charge in [-0.25, -0.2) is 0 Å². The van der Waals surface area contributed by atoms with Crippen LogP contribution in [0.5, 0.6) is 0 Å². The molecule has 0 aromatic heterocycles. The third kappa shape index (κ3) is 6.34. The molecule has 0 saturated heterocycles. The van der Waals surface area contributed by atoms with Crippen LogP contribution in [-0.2, 0) is 19.1 Å². The molecule has 3 aromatic rings. The fraction of sp³-hybridized carbons (Fsp3) is 0.208. The van der Waals surface area contributed by atoms with Crippen molar-refractivity contribution in [3.8, 4) is 0 Å². The van der Waals surface area contributed by atoms with E-state index in [-0.39, 0.29) is 28.1 Å². The van der Waals surface area contributed by atoms with Crippen LogP contribution in [-0.4, -0.2) is 24.4 Å². The van der Waals surface area contributed by atoms with E-state index >= 15 is 0 Å². The molecule has 33 heavy (non-hydrogen) atoms. The minimum absolute atomic E-state index is 0.0938. The van der Waals surface area contributed by atoms with E-state index in [0.29, 0.717) is 29.2 Å². The molecule has 0 radical (unpaired) electrons. The molecular formula is C24H20Cl3F3N2O. The standard InChI is InChI=1S/C24H20Cl3F3N2O/c1-31-20-11-10-19(26)22(27)21(20)23(33)32(13-12-15-4-8-18(25)9-5-15)14-16-2-6-17(7-3-16)24(28,29)30/h2-11,31H,12-14H2,1H3. The second kappa shape index (κ2) is 10.7. The zero-order valence-electron chi connectivity index (χ0n) is 17.5. The average Bonchev–Trinajstić information content (AvgIpc) is 2.78. The van der Waals surface area contributed by atoms with Crippen molar-refractivity contribution in [3.05, 3.63) is 98.0 Å². The quantitative estimate of drug-likeness (QED) is 0.351. The summed E-state index contributed by atoms with van der Waals surface area (Å²) in [4.78, 5) is 15.1. The van der Waals surface area contributed by atoms with E-state index in [1.54, 1.807) is 31.3 Å². The molecule has 0 fully saturated rings. The van der Waals surface area contributed by atoms with Gasteiger partial charge in [0.05, 0.1) is 21.2 Å². The summed E-state index contributed by atoms with van der Waals surface area (Å²) >= 11 is 18.5. The average molecular weight is 516 g/mol. The third-order valence-electron chi connectivity index (χ3n) is 5.10. The number of nitrogens with zero attached hydrogens (tertiary/aromatic N) is 1. The first-order valence-corrected chi connectivity index (χ1v) is 11.1. The van der Waals surface area contributed by atoms with Crippen molar-refractivity contribution in [1.29, 1.82) is 0 Å². The van der Waals surface area contributed by atoms with Crippen molar-refractivity contribution in [2.24, 2.45) is 0 Å². The molecule has 1 amide bonds. The van der Waals surface area contributed by atoms with Gasteiger partial charge in [-0.3, -0.25) is 4.79 Å². The molecule has 0 bridgehead atoms. The normalized spacial score (nSPS) is 11.4. The molecule has 0 saturated carbocycles. The van der Waals surface area contributed by atoms with Gasteiger partial charge in [-0.2, -0.15) is 13.2 Å². The fourth-order valence-corrected chi connectivity index (χ4v) is 3.84. The number of carbonyl (C=O) groups is 1. The maximum absolute atomic E-state index is 13.5. The lowest BCUT2D eigenvalue weighted by atomic mass is 10.1. The van der Waals surface area contributed by atoms with Crippen molar-refractivity contribution in [3.63, 3.8) is 0 Å². The highest BCUT2D eigenvalue weighted by atomic mass is 35.5. The van der Waals surface area contributed by atoms with Gasteiger partial charge < -0.3 is 10.2 Å². The Bertz CT molecular complexity index is 1120. The lowest BCUT2D eigenvalue weighted by molar-refractivity contribution is -0.137. The lowest BCUT2D eigenvalue weighted by Crippen LogP contribution is -2.33. The van der Waals surface area contributed by atoms with Crippen molar-refractivity contribution in [2.45, 2.75) is 19.1 Å². The molecule has 0 unspecified atom stereocenters. The molecule has 0 aliphatic heterocycles. The van der Waals surface area contributed by atoms with Gasteiger partial charge in [-0.1, -0.05) is 59.1 Å². The van der Waals surface area contributed by atoms with Gasteiger partial charge in [0.25, 0.3) is 5.91 Å². The number of alkyl halides is 3. The Morgan fingerprint density at radius 3 is 2.09 bits per heavy atom. The Morgan fingerprint density at radius 1 is 0.909 bits per heavy atom. The highest BCUT2D eigenvalue weighted by molar-refractivity contribution is 6.44. The summed E-state index contributed by atoms with van der Waals surface area (Å²) in [5, 5.41) is 3.87. The summed E-state index contributed by atoms with van der Waals surface area (Å²) in [6.07, 6.45) is -3.92. The molecule has 3 rings (SSSR count). The highest BCUT2D eigenvalue weighted by Crippen LogP contribution is 2.33. The molecule has 174 valence electrons. The first-order valence-electron chi connectivity index (χ1n) is 9.95. The molecule has 0 spiro atoms. The van der Waals surface area contributed by atoms with Crippen LogP contribution >= 0.6 is 34.8 Å². The van der Waals surface area contributed by atoms with E-state index in [4.69, 9.17) is 34.8 Å². The van der Waals surface area contributed by atoms with Crippen molar-refractivity contribution in [2.75, 3.05) is 18.9 Å². The Labute approximate surface area is 205 Å². The molecule has 3 nitrogen and oxygen atoms in total. The highest BCUT2D eigenvalue weighted by Gasteiger charge is 2.30. The second-order valence-corrected chi connectivity index (χ2v) is 8.55. The van der Waals surface area contributed by atoms with Crippen LogP contribution in [0.1, 0.15) is 27.0 Å². The van der Waals surface area contributed by atoms with Gasteiger partial charge in [0, 0.05) is 30.8 Å². The predicted octanol–water partition coefficient (Wildman–Crippen LogP) is 7.59. The Morgan fingerprint density at radius 2 is 1.52 bits per heavy atom. The van der Waals surface area contributed by atoms with E-state index < -0.39 is 11.7 Å². The summed E-state index contributed by atoms with van der Waals surface area (Å²) in [5.74, 6) is -0.388.